The smallest absolute Gasteiger partial charge is 0.387 e. The Morgan fingerprint density at radius 1 is 1.00 bits per heavy atom. The molecular weight excluding hydrogens is 490 g/mol. The maximum Gasteiger partial charge on any atom is 0.387 e. The van der Waals surface area contributed by atoms with E-state index >= 15 is 0 Å². The quantitative estimate of drug-likeness (QED) is 0.354. The number of allylic oxidation sites excluding steroid dienone is 1. The monoisotopic (exact) mass is 516 g/mol. The van der Waals surface area contributed by atoms with Gasteiger partial charge < -0.3 is 14.4 Å². The first-order valence-corrected chi connectivity index (χ1v) is 12.5. The van der Waals surface area contributed by atoms with Crippen LogP contribution in [-0.2, 0) is 6.42 Å². The second-order valence-corrected chi connectivity index (χ2v) is 9.35. The summed E-state index contributed by atoms with van der Waals surface area (Å²) in [5.74, 6) is 3.35. The second-order valence-electron chi connectivity index (χ2n) is 9.35. The molecule has 1 N–H and O–H groups in total. The first kappa shape index (κ1) is 24.0. The van der Waals surface area contributed by atoms with E-state index in [1.165, 1.54) is 17.7 Å². The highest BCUT2D eigenvalue weighted by Gasteiger charge is 2.28. The predicted molar refractivity (Wildman–Crippen MR) is 139 cm³/mol. The minimum absolute atomic E-state index is 0.0816. The summed E-state index contributed by atoms with van der Waals surface area (Å²) in [6, 6.07) is 14.5. The summed E-state index contributed by atoms with van der Waals surface area (Å²) >= 11 is 0. The van der Waals surface area contributed by atoms with Gasteiger partial charge in [0.2, 0.25) is 0 Å². The summed E-state index contributed by atoms with van der Waals surface area (Å²) in [6.45, 7) is -1.23. The van der Waals surface area contributed by atoms with Crippen molar-refractivity contribution in [1.82, 2.24) is 25.1 Å². The number of alkyl halides is 2. The molecule has 1 saturated heterocycles. The zero-order valence-electron chi connectivity index (χ0n) is 20.8. The number of fused-ring (bicyclic) bond motifs is 1. The number of benzene rings is 2. The number of methoxy groups -OCH3 is 1. The zero-order chi connectivity index (χ0) is 26.1. The molecule has 8 nitrogen and oxygen atoms in total. The molecule has 10 heteroatoms. The van der Waals surface area contributed by atoms with Gasteiger partial charge in [0.15, 0.2) is 5.82 Å². The standard InChI is InChI=1S/C28H26F2N6O2/c1-37-21-6-2-4-18(12-21)20-14-23-24(15-20)31-16-32-27(23)36-10-8-17(9-11-36)25-33-26(35-34-25)19-5-3-7-22(13-19)38-28(29)30/h2-7,12-14,16-17,28H,8-11,15H2,1H3,(H,33,34,35). The van der Waals surface area contributed by atoms with Crippen molar-refractivity contribution < 1.29 is 18.3 Å². The van der Waals surface area contributed by atoms with Crippen molar-refractivity contribution in [3.05, 3.63) is 77.5 Å². The minimum Gasteiger partial charge on any atom is -0.497 e. The Kier molecular flexibility index (Phi) is 6.45. The average molecular weight is 517 g/mol. The van der Waals surface area contributed by atoms with Crippen molar-refractivity contribution in [1.29, 1.82) is 0 Å². The van der Waals surface area contributed by atoms with Crippen LogP contribution in [0.15, 0.2) is 54.9 Å². The van der Waals surface area contributed by atoms with E-state index in [0.29, 0.717) is 11.4 Å². The van der Waals surface area contributed by atoms with Gasteiger partial charge in [-0.15, -0.1) is 0 Å². The largest absolute Gasteiger partial charge is 0.497 e. The molecule has 2 aromatic heterocycles. The van der Waals surface area contributed by atoms with Gasteiger partial charge in [-0.05, 0) is 54.3 Å². The average Bonchev–Trinajstić information content (AvgIpc) is 3.61. The Labute approximate surface area is 218 Å². The van der Waals surface area contributed by atoms with Gasteiger partial charge in [-0.1, -0.05) is 24.3 Å². The number of aromatic amines is 1. The Bertz CT molecular complexity index is 1480. The van der Waals surface area contributed by atoms with Crippen LogP contribution in [0.2, 0.25) is 0 Å². The van der Waals surface area contributed by atoms with E-state index in [1.54, 1.807) is 25.6 Å². The number of halogens is 2. The maximum atomic E-state index is 12.6. The van der Waals surface area contributed by atoms with Crippen molar-refractivity contribution in [2.75, 3.05) is 25.1 Å². The number of aromatic nitrogens is 5. The molecular formula is C28H26F2N6O2. The Morgan fingerprint density at radius 2 is 1.76 bits per heavy atom. The third-order valence-electron chi connectivity index (χ3n) is 7.06. The molecule has 6 rings (SSSR count). The van der Waals surface area contributed by atoms with Gasteiger partial charge in [0.05, 0.1) is 12.8 Å². The molecule has 0 radical (unpaired) electrons. The molecule has 0 unspecified atom stereocenters. The lowest BCUT2D eigenvalue weighted by molar-refractivity contribution is -0.0498. The molecule has 3 heterocycles. The lowest BCUT2D eigenvalue weighted by Gasteiger charge is -2.32. The van der Waals surface area contributed by atoms with Crippen molar-refractivity contribution in [3.8, 4) is 22.9 Å². The van der Waals surface area contributed by atoms with Gasteiger partial charge in [0.1, 0.15) is 29.5 Å². The second kappa shape index (κ2) is 10.2. The molecule has 1 fully saturated rings. The Hall–Kier alpha value is -4.34. The normalized spacial score (nSPS) is 15.5. The van der Waals surface area contributed by atoms with Crippen LogP contribution in [0.25, 0.3) is 23.0 Å². The van der Waals surface area contributed by atoms with E-state index in [2.05, 4.69) is 46.9 Å². The van der Waals surface area contributed by atoms with Crippen LogP contribution in [0, 0.1) is 0 Å². The topological polar surface area (TPSA) is 89.1 Å². The molecule has 2 aliphatic rings. The highest BCUT2D eigenvalue weighted by atomic mass is 19.3. The number of hydrogen-bond acceptors (Lipinski definition) is 7. The molecule has 1 aliphatic heterocycles. The Morgan fingerprint density at radius 3 is 2.55 bits per heavy atom. The van der Waals surface area contributed by atoms with E-state index in [0.717, 1.165) is 66.6 Å². The molecule has 0 amide bonds. The zero-order valence-corrected chi connectivity index (χ0v) is 20.8. The van der Waals surface area contributed by atoms with Crippen LogP contribution >= 0.6 is 0 Å². The van der Waals surface area contributed by atoms with Crippen LogP contribution in [-0.4, -0.2) is 52.0 Å². The molecule has 0 atom stereocenters. The number of H-pyrrole nitrogens is 1. The third kappa shape index (κ3) is 4.81. The van der Waals surface area contributed by atoms with Gasteiger partial charge >= 0.3 is 6.61 Å². The molecule has 0 spiro atoms. The molecule has 38 heavy (non-hydrogen) atoms. The van der Waals surface area contributed by atoms with Crippen LogP contribution < -0.4 is 14.4 Å². The summed E-state index contributed by atoms with van der Waals surface area (Å²) < 4.78 is 35.0. The Balaban J connectivity index is 1.15. The van der Waals surface area contributed by atoms with Gasteiger partial charge in [-0.3, -0.25) is 5.10 Å². The lowest BCUT2D eigenvalue weighted by atomic mass is 9.96. The van der Waals surface area contributed by atoms with E-state index < -0.39 is 6.61 Å². The van der Waals surface area contributed by atoms with Crippen molar-refractivity contribution in [3.63, 3.8) is 0 Å². The lowest BCUT2D eigenvalue weighted by Crippen LogP contribution is -2.34. The summed E-state index contributed by atoms with van der Waals surface area (Å²) in [6.07, 6.45) is 6.37. The van der Waals surface area contributed by atoms with Gasteiger partial charge in [-0.25, -0.2) is 15.0 Å². The number of nitrogens with zero attached hydrogens (tertiary/aromatic N) is 5. The number of ether oxygens (including phenoxy) is 2. The van der Waals surface area contributed by atoms with Crippen LogP contribution in [0.1, 0.15) is 41.4 Å². The number of hydrogen-bond donors (Lipinski definition) is 1. The van der Waals surface area contributed by atoms with E-state index in [-0.39, 0.29) is 11.7 Å². The highest BCUT2D eigenvalue weighted by molar-refractivity contribution is 5.91. The maximum absolute atomic E-state index is 12.6. The first-order chi connectivity index (χ1) is 18.6. The molecule has 1 aliphatic carbocycles. The summed E-state index contributed by atoms with van der Waals surface area (Å²) in [5, 5.41) is 7.38. The van der Waals surface area contributed by atoms with E-state index in [1.807, 2.05) is 18.2 Å². The molecule has 194 valence electrons. The SMILES string of the molecule is COc1cccc(C2=Cc3c(ncnc3N3CCC(c4nc(-c5cccc(OC(F)F)c5)n[nH]4)CC3)C2)c1. The molecule has 0 bridgehead atoms. The van der Waals surface area contributed by atoms with Gasteiger partial charge in [-0.2, -0.15) is 13.9 Å². The van der Waals surface area contributed by atoms with Crippen LogP contribution in [0.4, 0.5) is 14.6 Å². The number of nitrogens with one attached hydrogen (secondary N) is 1. The fourth-order valence-electron chi connectivity index (χ4n) is 5.14. The van der Waals surface area contributed by atoms with Crippen molar-refractivity contribution >= 4 is 17.5 Å². The minimum atomic E-state index is -2.88. The summed E-state index contributed by atoms with van der Waals surface area (Å²) in [5.41, 5.74) is 5.06. The van der Waals surface area contributed by atoms with E-state index in [4.69, 9.17) is 4.74 Å². The third-order valence-corrected chi connectivity index (χ3v) is 7.06. The van der Waals surface area contributed by atoms with Gasteiger partial charge in [0, 0.05) is 36.6 Å². The van der Waals surface area contributed by atoms with Crippen molar-refractivity contribution in [2.24, 2.45) is 0 Å². The van der Waals surface area contributed by atoms with Crippen LogP contribution in [0.3, 0.4) is 0 Å². The molecule has 0 saturated carbocycles. The first-order valence-electron chi connectivity index (χ1n) is 12.5. The van der Waals surface area contributed by atoms with Crippen molar-refractivity contribution in [2.45, 2.75) is 31.8 Å². The highest BCUT2D eigenvalue weighted by Crippen LogP contribution is 2.37. The summed E-state index contributed by atoms with van der Waals surface area (Å²) in [7, 11) is 1.67. The fraction of sp³-hybridized carbons (Fsp3) is 0.286. The van der Waals surface area contributed by atoms with Gasteiger partial charge in [0.25, 0.3) is 0 Å². The fourth-order valence-corrected chi connectivity index (χ4v) is 5.14. The molecule has 2 aromatic carbocycles. The molecule has 4 aromatic rings. The van der Waals surface area contributed by atoms with E-state index in [9.17, 15) is 8.78 Å². The van der Waals surface area contributed by atoms with Crippen LogP contribution in [0.5, 0.6) is 11.5 Å². The predicted octanol–water partition coefficient (Wildman–Crippen LogP) is 5.35. The number of anilines is 1. The summed E-state index contributed by atoms with van der Waals surface area (Å²) in [4.78, 5) is 16.2. The number of rotatable bonds is 7. The number of piperidine rings is 1.